The van der Waals surface area contributed by atoms with E-state index in [4.69, 9.17) is 9.72 Å². The van der Waals surface area contributed by atoms with Crippen LogP contribution in [0.25, 0.3) is 16.7 Å². The second kappa shape index (κ2) is 9.34. The predicted molar refractivity (Wildman–Crippen MR) is 118 cm³/mol. The third-order valence-electron chi connectivity index (χ3n) is 5.34. The van der Waals surface area contributed by atoms with Crippen molar-refractivity contribution in [3.63, 3.8) is 0 Å². The van der Waals surface area contributed by atoms with Crippen molar-refractivity contribution < 1.29 is 14.3 Å². The summed E-state index contributed by atoms with van der Waals surface area (Å²) >= 11 is 1.45. The van der Waals surface area contributed by atoms with Gasteiger partial charge in [-0.05, 0) is 44.0 Å². The van der Waals surface area contributed by atoms with Crippen molar-refractivity contribution in [2.24, 2.45) is 5.92 Å². The van der Waals surface area contributed by atoms with E-state index < -0.39 is 0 Å². The van der Waals surface area contributed by atoms with Crippen LogP contribution in [0.1, 0.15) is 19.8 Å². The van der Waals surface area contributed by atoms with Gasteiger partial charge in [0.05, 0.1) is 29.3 Å². The first kappa shape index (κ1) is 20.5. The van der Waals surface area contributed by atoms with E-state index in [0.717, 1.165) is 21.9 Å². The highest BCUT2D eigenvalue weighted by Crippen LogP contribution is 2.28. The van der Waals surface area contributed by atoms with Crippen LogP contribution in [-0.4, -0.2) is 51.8 Å². The van der Waals surface area contributed by atoms with Gasteiger partial charge in [-0.2, -0.15) is 0 Å². The largest absolute Gasteiger partial charge is 0.466 e. The molecule has 156 valence electrons. The Bertz CT molecular complexity index is 1030. The van der Waals surface area contributed by atoms with Crippen molar-refractivity contribution in [3.8, 4) is 5.69 Å². The predicted octanol–water partition coefficient (Wildman–Crippen LogP) is 3.92. The van der Waals surface area contributed by atoms with Gasteiger partial charge in [0.25, 0.3) is 0 Å². The minimum absolute atomic E-state index is 0.0778. The maximum absolute atomic E-state index is 12.8. The number of benzene rings is 2. The number of amides is 1. The number of fused-ring (bicyclic) bond motifs is 1. The summed E-state index contributed by atoms with van der Waals surface area (Å²) in [5.41, 5.74) is 2.96. The van der Waals surface area contributed by atoms with Gasteiger partial charge in [0.1, 0.15) is 0 Å². The van der Waals surface area contributed by atoms with Gasteiger partial charge >= 0.3 is 5.97 Å². The first-order valence-electron chi connectivity index (χ1n) is 10.3. The van der Waals surface area contributed by atoms with E-state index in [1.807, 2.05) is 66.4 Å². The van der Waals surface area contributed by atoms with Crippen molar-refractivity contribution >= 4 is 34.7 Å². The summed E-state index contributed by atoms with van der Waals surface area (Å²) in [6.45, 7) is 3.41. The Balaban J connectivity index is 1.44. The molecule has 0 N–H and O–H groups in total. The number of aromatic nitrogens is 2. The van der Waals surface area contributed by atoms with Crippen molar-refractivity contribution in [1.82, 2.24) is 14.5 Å². The number of ether oxygens (including phenoxy) is 1. The Kier molecular flexibility index (Phi) is 6.38. The Morgan fingerprint density at radius 3 is 2.50 bits per heavy atom. The summed E-state index contributed by atoms with van der Waals surface area (Å²) < 4.78 is 7.21. The number of para-hydroxylation sites is 3. The average Bonchev–Trinajstić information content (AvgIpc) is 3.16. The van der Waals surface area contributed by atoms with Crippen molar-refractivity contribution in [3.05, 3.63) is 54.6 Å². The Morgan fingerprint density at radius 2 is 1.77 bits per heavy atom. The maximum atomic E-state index is 12.8. The number of rotatable bonds is 6. The maximum Gasteiger partial charge on any atom is 0.309 e. The number of carbonyl (C=O) groups excluding carboxylic acids is 2. The first-order valence-corrected chi connectivity index (χ1v) is 11.3. The molecule has 30 heavy (non-hydrogen) atoms. The summed E-state index contributed by atoms with van der Waals surface area (Å²) in [6, 6.07) is 18.1. The highest BCUT2D eigenvalue weighted by atomic mass is 32.2. The quantitative estimate of drug-likeness (QED) is 0.444. The van der Waals surface area contributed by atoms with Crippen LogP contribution >= 0.6 is 11.8 Å². The van der Waals surface area contributed by atoms with Crippen molar-refractivity contribution in [2.75, 3.05) is 25.4 Å². The fraction of sp³-hybridized carbons (Fsp3) is 0.348. The van der Waals surface area contributed by atoms with Gasteiger partial charge in [-0.3, -0.25) is 14.2 Å². The fourth-order valence-corrected chi connectivity index (χ4v) is 4.70. The van der Waals surface area contributed by atoms with Crippen LogP contribution in [-0.2, 0) is 14.3 Å². The Labute approximate surface area is 180 Å². The van der Waals surface area contributed by atoms with Gasteiger partial charge in [-0.25, -0.2) is 4.98 Å². The van der Waals surface area contributed by atoms with E-state index in [0.29, 0.717) is 38.3 Å². The number of imidazole rings is 1. The zero-order chi connectivity index (χ0) is 20.9. The monoisotopic (exact) mass is 423 g/mol. The molecule has 0 unspecified atom stereocenters. The molecule has 1 saturated heterocycles. The Hall–Kier alpha value is -2.80. The highest BCUT2D eigenvalue weighted by molar-refractivity contribution is 7.99. The lowest BCUT2D eigenvalue weighted by Gasteiger charge is -2.30. The summed E-state index contributed by atoms with van der Waals surface area (Å²) in [7, 11) is 0. The number of carbonyl (C=O) groups is 2. The normalized spacial score (nSPS) is 14.8. The summed E-state index contributed by atoms with van der Waals surface area (Å²) in [5.74, 6) is 0.161. The summed E-state index contributed by atoms with van der Waals surface area (Å²) in [5, 5.41) is 0.803. The lowest BCUT2D eigenvalue weighted by Crippen LogP contribution is -2.41. The number of nitrogens with zero attached hydrogens (tertiary/aromatic N) is 3. The fourth-order valence-electron chi connectivity index (χ4n) is 3.77. The molecule has 1 aromatic heterocycles. The van der Waals surface area contributed by atoms with Gasteiger partial charge < -0.3 is 9.64 Å². The summed E-state index contributed by atoms with van der Waals surface area (Å²) in [6.07, 6.45) is 1.33. The van der Waals surface area contributed by atoms with Gasteiger partial charge in [0.15, 0.2) is 5.16 Å². The van der Waals surface area contributed by atoms with Crippen LogP contribution < -0.4 is 0 Å². The third kappa shape index (κ3) is 4.36. The molecule has 3 aromatic rings. The van der Waals surface area contributed by atoms with E-state index in [2.05, 4.69) is 4.57 Å². The van der Waals surface area contributed by atoms with Crippen LogP contribution in [0.3, 0.4) is 0 Å². The minimum Gasteiger partial charge on any atom is -0.466 e. The van der Waals surface area contributed by atoms with Crippen LogP contribution in [0, 0.1) is 5.92 Å². The molecule has 1 fully saturated rings. The molecule has 2 heterocycles. The van der Waals surface area contributed by atoms with Gasteiger partial charge in [0, 0.05) is 18.8 Å². The molecule has 6 nitrogen and oxygen atoms in total. The molecule has 0 bridgehead atoms. The SMILES string of the molecule is CCOC(=O)C1CCN(C(=O)CSc2nc3ccccc3n2-c2ccccc2)CC1. The third-order valence-corrected chi connectivity index (χ3v) is 6.26. The minimum atomic E-state index is -0.143. The van der Waals surface area contributed by atoms with E-state index in [1.54, 1.807) is 0 Å². The molecule has 0 atom stereocenters. The molecule has 7 heteroatoms. The number of hydrogen-bond donors (Lipinski definition) is 0. The van der Waals surface area contributed by atoms with Crippen LogP contribution in [0.4, 0.5) is 0 Å². The van der Waals surface area contributed by atoms with Crippen molar-refractivity contribution in [2.45, 2.75) is 24.9 Å². The zero-order valence-electron chi connectivity index (χ0n) is 17.0. The number of esters is 1. The second-order valence-corrected chi connectivity index (χ2v) is 8.19. The topological polar surface area (TPSA) is 64.4 Å². The molecular formula is C23H25N3O3S. The molecule has 1 amide bonds. The molecule has 2 aromatic carbocycles. The van der Waals surface area contributed by atoms with Crippen LogP contribution in [0.2, 0.25) is 0 Å². The zero-order valence-corrected chi connectivity index (χ0v) is 17.8. The van der Waals surface area contributed by atoms with Crippen LogP contribution in [0.15, 0.2) is 59.8 Å². The van der Waals surface area contributed by atoms with E-state index >= 15 is 0 Å². The standard InChI is InChI=1S/C23H25N3O3S/c1-2-29-22(28)17-12-14-25(15-13-17)21(27)16-30-23-24-19-10-6-7-11-20(19)26(23)18-8-4-3-5-9-18/h3-11,17H,2,12-16H2,1H3. The number of thioether (sulfide) groups is 1. The molecule has 1 aliphatic heterocycles. The van der Waals surface area contributed by atoms with Gasteiger partial charge in [-0.15, -0.1) is 0 Å². The molecule has 0 saturated carbocycles. The molecule has 4 rings (SSSR count). The number of hydrogen-bond acceptors (Lipinski definition) is 5. The summed E-state index contributed by atoms with van der Waals surface area (Å²) in [4.78, 5) is 31.3. The lowest BCUT2D eigenvalue weighted by molar-refractivity contribution is -0.151. The molecule has 0 aliphatic carbocycles. The smallest absolute Gasteiger partial charge is 0.309 e. The van der Waals surface area contributed by atoms with Gasteiger partial charge in [-0.1, -0.05) is 42.1 Å². The molecule has 0 radical (unpaired) electrons. The van der Waals surface area contributed by atoms with E-state index in [9.17, 15) is 9.59 Å². The first-order chi connectivity index (χ1) is 14.7. The number of piperidine rings is 1. The van der Waals surface area contributed by atoms with Crippen LogP contribution in [0.5, 0.6) is 0 Å². The average molecular weight is 424 g/mol. The molecule has 0 spiro atoms. The van der Waals surface area contributed by atoms with E-state index in [-0.39, 0.29) is 17.8 Å². The van der Waals surface area contributed by atoms with E-state index in [1.165, 1.54) is 11.8 Å². The molecule has 1 aliphatic rings. The number of likely N-dealkylation sites (tertiary alicyclic amines) is 1. The van der Waals surface area contributed by atoms with Gasteiger partial charge in [0.2, 0.25) is 5.91 Å². The highest BCUT2D eigenvalue weighted by Gasteiger charge is 2.28. The molecular weight excluding hydrogens is 398 g/mol. The second-order valence-electron chi connectivity index (χ2n) is 7.25. The Morgan fingerprint density at radius 1 is 1.07 bits per heavy atom. The van der Waals surface area contributed by atoms with Crippen molar-refractivity contribution in [1.29, 1.82) is 0 Å². The lowest BCUT2D eigenvalue weighted by atomic mass is 9.97.